The molecule has 2 fully saturated rings. The minimum absolute atomic E-state index is 0.0191. The Bertz CT molecular complexity index is 593. The fourth-order valence-corrected chi connectivity index (χ4v) is 2.98. The second kappa shape index (κ2) is 6.60. The lowest BCUT2D eigenvalue weighted by atomic mass is 10.3. The number of nitrogens with zero attached hydrogens (tertiary/aromatic N) is 3. The molecule has 1 aromatic heterocycles. The van der Waals surface area contributed by atoms with E-state index in [0.717, 1.165) is 30.9 Å². The maximum Gasteiger partial charge on any atom is 0.320 e. The van der Waals surface area contributed by atoms with E-state index >= 15 is 0 Å². The summed E-state index contributed by atoms with van der Waals surface area (Å²) in [5.74, 6) is 1.61. The van der Waals surface area contributed by atoms with Crippen molar-refractivity contribution < 1.29 is 9.59 Å². The van der Waals surface area contributed by atoms with Gasteiger partial charge in [0.05, 0.1) is 6.20 Å². The first-order valence-corrected chi connectivity index (χ1v) is 8.44. The quantitative estimate of drug-likeness (QED) is 0.867. The van der Waals surface area contributed by atoms with E-state index < -0.39 is 0 Å². The lowest BCUT2D eigenvalue weighted by Crippen LogP contribution is -2.41. The van der Waals surface area contributed by atoms with E-state index in [2.05, 4.69) is 15.7 Å². The van der Waals surface area contributed by atoms with Crippen molar-refractivity contribution in [2.24, 2.45) is 5.92 Å². The van der Waals surface area contributed by atoms with Gasteiger partial charge in [0.25, 0.3) is 0 Å². The van der Waals surface area contributed by atoms with Crippen molar-refractivity contribution in [3.63, 3.8) is 0 Å². The summed E-state index contributed by atoms with van der Waals surface area (Å²) >= 11 is 0. The highest BCUT2D eigenvalue weighted by molar-refractivity contribution is 5.89. The van der Waals surface area contributed by atoms with Crippen molar-refractivity contribution in [3.8, 4) is 0 Å². The van der Waals surface area contributed by atoms with Crippen LogP contribution in [0.25, 0.3) is 0 Å². The first-order chi connectivity index (χ1) is 11.1. The molecule has 126 valence electrons. The third kappa shape index (κ3) is 3.83. The Labute approximate surface area is 136 Å². The zero-order valence-corrected chi connectivity index (χ0v) is 13.8. The smallest absolute Gasteiger partial charge is 0.320 e. The van der Waals surface area contributed by atoms with Crippen LogP contribution >= 0.6 is 0 Å². The van der Waals surface area contributed by atoms with E-state index in [4.69, 9.17) is 0 Å². The minimum Gasteiger partial charge on any atom is -0.341 e. The summed E-state index contributed by atoms with van der Waals surface area (Å²) in [6, 6.07) is -0.202. The number of urea groups is 1. The van der Waals surface area contributed by atoms with Gasteiger partial charge < -0.3 is 10.2 Å². The number of aromatic nitrogens is 2. The topological polar surface area (TPSA) is 79.3 Å². The largest absolute Gasteiger partial charge is 0.341 e. The first kappa shape index (κ1) is 15.8. The van der Waals surface area contributed by atoms with Gasteiger partial charge in [-0.3, -0.25) is 10.1 Å². The molecular formula is C16H25N5O2. The Kier molecular flexibility index (Phi) is 4.54. The molecule has 1 aromatic rings. The van der Waals surface area contributed by atoms with Gasteiger partial charge in [-0.15, -0.1) is 0 Å². The average molecular weight is 319 g/mol. The maximum atomic E-state index is 12.3. The summed E-state index contributed by atoms with van der Waals surface area (Å²) in [5.41, 5.74) is 0.968. The molecule has 1 aliphatic carbocycles. The number of anilines is 1. The molecule has 2 N–H and O–H groups in total. The summed E-state index contributed by atoms with van der Waals surface area (Å²) < 4.78 is 1.88. The SMILES string of the molecule is CCC(=O)N1CC[C@@H](NC(=O)Nc2c(C)cnn2CC2CC2)C1. The molecule has 7 nitrogen and oxygen atoms in total. The van der Waals surface area contributed by atoms with Crippen molar-refractivity contribution in [2.45, 2.75) is 52.1 Å². The van der Waals surface area contributed by atoms with Gasteiger partial charge >= 0.3 is 6.03 Å². The van der Waals surface area contributed by atoms with Crippen LogP contribution in [0.4, 0.5) is 10.6 Å². The number of hydrogen-bond donors (Lipinski definition) is 2. The predicted octanol–water partition coefficient (Wildman–Crippen LogP) is 1.73. The zero-order valence-electron chi connectivity index (χ0n) is 13.8. The highest BCUT2D eigenvalue weighted by atomic mass is 16.2. The van der Waals surface area contributed by atoms with Crippen LogP contribution in [0.3, 0.4) is 0 Å². The van der Waals surface area contributed by atoms with Gasteiger partial charge in [0, 0.05) is 37.7 Å². The molecular weight excluding hydrogens is 294 g/mol. The van der Waals surface area contributed by atoms with Gasteiger partial charge in [0.2, 0.25) is 5.91 Å². The van der Waals surface area contributed by atoms with Crippen LogP contribution in [-0.4, -0.2) is 45.8 Å². The van der Waals surface area contributed by atoms with Crippen LogP contribution in [0.1, 0.15) is 38.2 Å². The molecule has 1 aliphatic heterocycles. The maximum absolute atomic E-state index is 12.3. The summed E-state index contributed by atoms with van der Waals surface area (Å²) in [4.78, 5) is 25.8. The number of likely N-dealkylation sites (tertiary alicyclic amines) is 1. The zero-order chi connectivity index (χ0) is 16.4. The van der Waals surface area contributed by atoms with E-state index in [1.54, 1.807) is 6.20 Å². The third-order valence-electron chi connectivity index (χ3n) is 4.56. The molecule has 0 spiro atoms. The van der Waals surface area contributed by atoms with Crippen LogP contribution in [0.2, 0.25) is 0 Å². The van der Waals surface area contributed by atoms with Gasteiger partial charge in [-0.2, -0.15) is 5.10 Å². The van der Waals surface area contributed by atoms with E-state index in [1.165, 1.54) is 12.8 Å². The third-order valence-corrected chi connectivity index (χ3v) is 4.56. The van der Waals surface area contributed by atoms with E-state index in [9.17, 15) is 9.59 Å². The first-order valence-electron chi connectivity index (χ1n) is 8.44. The van der Waals surface area contributed by atoms with E-state index in [-0.39, 0.29) is 18.0 Å². The lowest BCUT2D eigenvalue weighted by Gasteiger charge is -2.17. The van der Waals surface area contributed by atoms with Crippen LogP contribution in [0, 0.1) is 12.8 Å². The number of aryl methyl sites for hydroxylation is 1. The Morgan fingerprint density at radius 3 is 2.83 bits per heavy atom. The van der Waals surface area contributed by atoms with Crippen molar-refractivity contribution in [1.29, 1.82) is 0 Å². The predicted molar refractivity (Wildman–Crippen MR) is 87.1 cm³/mol. The van der Waals surface area contributed by atoms with Crippen LogP contribution < -0.4 is 10.6 Å². The number of rotatable bonds is 5. The van der Waals surface area contributed by atoms with Gasteiger partial charge in [-0.25, -0.2) is 9.48 Å². The van der Waals surface area contributed by atoms with Gasteiger partial charge in [0.1, 0.15) is 5.82 Å². The number of amides is 3. The Morgan fingerprint density at radius 2 is 2.13 bits per heavy atom. The fourth-order valence-electron chi connectivity index (χ4n) is 2.98. The molecule has 2 heterocycles. The number of carbonyl (C=O) groups is 2. The highest BCUT2D eigenvalue weighted by Crippen LogP contribution is 2.31. The van der Waals surface area contributed by atoms with Gasteiger partial charge in [0.15, 0.2) is 0 Å². The van der Waals surface area contributed by atoms with Gasteiger partial charge in [-0.1, -0.05) is 6.92 Å². The molecule has 2 aliphatic rings. The van der Waals surface area contributed by atoms with Crippen LogP contribution in [0.15, 0.2) is 6.20 Å². The van der Waals surface area contributed by atoms with Crippen molar-refractivity contribution in [3.05, 3.63) is 11.8 Å². The second-order valence-electron chi connectivity index (χ2n) is 6.58. The standard InChI is InChI=1S/C16H25N5O2/c1-3-14(22)20-7-6-13(10-20)18-16(23)19-15-11(2)8-17-21(15)9-12-4-5-12/h8,12-13H,3-7,9-10H2,1-2H3,(H2,18,19,23)/t13-/m1/s1. The lowest BCUT2D eigenvalue weighted by molar-refractivity contribution is -0.129. The molecule has 0 aromatic carbocycles. The van der Waals surface area contributed by atoms with Gasteiger partial charge in [-0.05, 0) is 32.1 Å². The molecule has 1 saturated heterocycles. The molecule has 1 atom stereocenters. The Balaban J connectivity index is 1.53. The summed E-state index contributed by atoms with van der Waals surface area (Å²) in [7, 11) is 0. The number of carbonyl (C=O) groups excluding carboxylic acids is 2. The van der Waals surface area contributed by atoms with Crippen LogP contribution in [-0.2, 0) is 11.3 Å². The van der Waals surface area contributed by atoms with Crippen molar-refractivity contribution >= 4 is 17.8 Å². The molecule has 3 amide bonds. The average Bonchev–Trinajstić information content (AvgIpc) is 3.13. The molecule has 7 heteroatoms. The second-order valence-corrected chi connectivity index (χ2v) is 6.58. The summed E-state index contributed by atoms with van der Waals surface area (Å²) in [5, 5.41) is 10.2. The number of nitrogens with one attached hydrogen (secondary N) is 2. The van der Waals surface area contributed by atoms with E-state index in [0.29, 0.717) is 18.9 Å². The molecule has 0 bridgehead atoms. The molecule has 0 radical (unpaired) electrons. The Morgan fingerprint density at radius 1 is 1.35 bits per heavy atom. The summed E-state index contributed by atoms with van der Waals surface area (Å²) in [6.45, 7) is 5.99. The summed E-state index contributed by atoms with van der Waals surface area (Å²) in [6.07, 6.45) is 5.59. The molecule has 0 unspecified atom stereocenters. The Hall–Kier alpha value is -2.05. The van der Waals surface area contributed by atoms with Crippen molar-refractivity contribution in [1.82, 2.24) is 20.0 Å². The van der Waals surface area contributed by atoms with Crippen LogP contribution in [0.5, 0.6) is 0 Å². The highest BCUT2D eigenvalue weighted by Gasteiger charge is 2.27. The molecule has 3 rings (SSSR count). The number of hydrogen-bond acceptors (Lipinski definition) is 3. The fraction of sp³-hybridized carbons (Fsp3) is 0.688. The minimum atomic E-state index is -0.221. The molecule has 1 saturated carbocycles. The monoisotopic (exact) mass is 319 g/mol. The van der Waals surface area contributed by atoms with E-state index in [1.807, 2.05) is 23.4 Å². The normalized spacial score (nSPS) is 20.6. The molecule has 23 heavy (non-hydrogen) atoms. The van der Waals surface area contributed by atoms with Crippen molar-refractivity contribution in [2.75, 3.05) is 18.4 Å².